The minimum Gasteiger partial charge on any atom is -0.368 e. The van der Waals surface area contributed by atoms with Crippen LogP contribution in [0.2, 0.25) is 0 Å². The predicted molar refractivity (Wildman–Crippen MR) is 112 cm³/mol. The molecule has 3 aromatic heterocycles. The molecule has 1 atom stereocenters. The van der Waals surface area contributed by atoms with Gasteiger partial charge in [0.15, 0.2) is 0 Å². The normalized spacial score (nSPS) is 16.7. The quantitative estimate of drug-likeness (QED) is 0.686. The fraction of sp³-hybridized carbons (Fsp3) is 0.364. The number of anilines is 2. The summed E-state index contributed by atoms with van der Waals surface area (Å²) in [4.78, 5) is 23.9. The first-order chi connectivity index (χ1) is 14.5. The highest BCUT2D eigenvalue weighted by Crippen LogP contribution is 2.27. The van der Waals surface area contributed by atoms with Gasteiger partial charge in [-0.1, -0.05) is 31.1 Å². The first kappa shape index (κ1) is 20.0. The number of morpholine rings is 1. The van der Waals surface area contributed by atoms with Crippen molar-refractivity contribution in [2.45, 2.75) is 32.8 Å². The predicted octanol–water partition coefficient (Wildman–Crippen LogP) is 3.85. The number of carbonyl (C=O) groups excluding carboxylic acids is 1. The van der Waals surface area contributed by atoms with Crippen LogP contribution in [0.15, 0.2) is 47.1 Å². The van der Waals surface area contributed by atoms with Gasteiger partial charge in [0.2, 0.25) is 0 Å². The molecule has 1 amide bonds. The van der Waals surface area contributed by atoms with Gasteiger partial charge in [-0.2, -0.15) is 0 Å². The standard InChI is InChI=1S/C22H25N5O3/c1-14(2)21-20(15(3)30-26-21)22(28)27-11-12-29-17(13-27)16-7-6-9-19(24-16)25-18-8-4-5-10-23-18/h4-10,14,17H,11-13H2,1-3H3,(H,23,24,25)/t17-/m1/s1. The zero-order valence-corrected chi connectivity index (χ0v) is 17.3. The zero-order chi connectivity index (χ0) is 21.1. The molecule has 1 fully saturated rings. The highest BCUT2D eigenvalue weighted by molar-refractivity contribution is 5.96. The van der Waals surface area contributed by atoms with Crippen molar-refractivity contribution in [2.75, 3.05) is 25.0 Å². The molecular formula is C22H25N5O3. The summed E-state index contributed by atoms with van der Waals surface area (Å²) in [6.07, 6.45) is 1.41. The van der Waals surface area contributed by atoms with Crippen molar-refractivity contribution in [1.29, 1.82) is 0 Å². The summed E-state index contributed by atoms with van der Waals surface area (Å²) in [5, 5.41) is 7.27. The maximum absolute atomic E-state index is 13.2. The maximum atomic E-state index is 13.2. The van der Waals surface area contributed by atoms with Crippen LogP contribution >= 0.6 is 0 Å². The molecule has 4 heterocycles. The molecule has 4 rings (SSSR count). The summed E-state index contributed by atoms with van der Waals surface area (Å²) >= 11 is 0. The lowest BCUT2D eigenvalue weighted by Gasteiger charge is -2.33. The third kappa shape index (κ3) is 4.18. The van der Waals surface area contributed by atoms with Crippen LogP contribution in [0, 0.1) is 6.92 Å². The van der Waals surface area contributed by atoms with Gasteiger partial charge in [0.1, 0.15) is 29.1 Å². The van der Waals surface area contributed by atoms with Crippen LogP contribution in [0.3, 0.4) is 0 Å². The van der Waals surface area contributed by atoms with Crippen molar-refractivity contribution in [3.63, 3.8) is 0 Å². The highest BCUT2D eigenvalue weighted by Gasteiger charge is 2.31. The Balaban J connectivity index is 1.51. The van der Waals surface area contributed by atoms with Crippen LogP contribution in [-0.4, -0.2) is 45.6 Å². The van der Waals surface area contributed by atoms with E-state index in [-0.39, 0.29) is 17.9 Å². The minimum atomic E-state index is -0.309. The van der Waals surface area contributed by atoms with Crippen molar-refractivity contribution in [3.8, 4) is 0 Å². The van der Waals surface area contributed by atoms with E-state index in [0.29, 0.717) is 48.3 Å². The smallest absolute Gasteiger partial charge is 0.259 e. The van der Waals surface area contributed by atoms with Crippen LogP contribution < -0.4 is 5.32 Å². The molecule has 0 spiro atoms. The molecule has 0 radical (unpaired) electrons. The van der Waals surface area contributed by atoms with Gasteiger partial charge < -0.3 is 19.5 Å². The molecule has 0 unspecified atom stereocenters. The van der Waals surface area contributed by atoms with Gasteiger partial charge in [-0.15, -0.1) is 0 Å². The number of nitrogens with one attached hydrogen (secondary N) is 1. The first-order valence-electron chi connectivity index (χ1n) is 10.0. The van der Waals surface area contributed by atoms with Crippen LogP contribution in [0.5, 0.6) is 0 Å². The molecule has 8 heteroatoms. The van der Waals surface area contributed by atoms with E-state index in [1.54, 1.807) is 18.0 Å². The minimum absolute atomic E-state index is 0.0754. The Bertz CT molecular complexity index is 1020. The number of hydrogen-bond donors (Lipinski definition) is 1. The fourth-order valence-corrected chi connectivity index (χ4v) is 3.48. The van der Waals surface area contributed by atoms with Crippen molar-refractivity contribution in [3.05, 3.63) is 65.3 Å². The Morgan fingerprint density at radius 1 is 1.20 bits per heavy atom. The number of rotatable bonds is 5. The topological polar surface area (TPSA) is 93.4 Å². The van der Waals surface area contributed by atoms with Gasteiger partial charge in [-0.3, -0.25) is 4.79 Å². The number of ether oxygens (including phenoxy) is 1. The van der Waals surface area contributed by atoms with Gasteiger partial charge in [0.05, 0.1) is 24.5 Å². The molecule has 1 aliphatic rings. The zero-order valence-electron chi connectivity index (χ0n) is 17.3. The first-order valence-corrected chi connectivity index (χ1v) is 10.0. The Labute approximate surface area is 175 Å². The summed E-state index contributed by atoms with van der Waals surface area (Å²) in [7, 11) is 0. The summed E-state index contributed by atoms with van der Waals surface area (Å²) in [5.74, 6) is 1.97. The monoisotopic (exact) mass is 407 g/mol. The van der Waals surface area contributed by atoms with Crippen molar-refractivity contribution < 1.29 is 14.1 Å². The molecule has 1 saturated heterocycles. The Morgan fingerprint density at radius 2 is 2.03 bits per heavy atom. The van der Waals surface area contributed by atoms with Gasteiger partial charge in [0.25, 0.3) is 5.91 Å². The third-order valence-electron chi connectivity index (χ3n) is 5.03. The molecule has 0 aromatic carbocycles. The molecule has 0 saturated carbocycles. The number of aromatic nitrogens is 3. The molecule has 3 aromatic rings. The largest absolute Gasteiger partial charge is 0.368 e. The number of amides is 1. The highest BCUT2D eigenvalue weighted by atomic mass is 16.5. The van der Waals surface area contributed by atoms with Gasteiger partial charge in [0, 0.05) is 12.7 Å². The third-order valence-corrected chi connectivity index (χ3v) is 5.03. The molecule has 1 N–H and O–H groups in total. The van der Waals surface area contributed by atoms with Crippen LogP contribution in [0.1, 0.15) is 53.4 Å². The van der Waals surface area contributed by atoms with E-state index >= 15 is 0 Å². The second-order valence-corrected chi connectivity index (χ2v) is 7.55. The lowest BCUT2D eigenvalue weighted by Crippen LogP contribution is -2.42. The molecule has 30 heavy (non-hydrogen) atoms. The van der Waals surface area contributed by atoms with E-state index < -0.39 is 0 Å². The van der Waals surface area contributed by atoms with Crippen LogP contribution in [0.25, 0.3) is 0 Å². The van der Waals surface area contributed by atoms with E-state index in [0.717, 1.165) is 5.69 Å². The fourth-order valence-electron chi connectivity index (χ4n) is 3.48. The number of aryl methyl sites for hydroxylation is 1. The number of nitrogens with zero attached hydrogens (tertiary/aromatic N) is 4. The van der Waals surface area contributed by atoms with Gasteiger partial charge in [-0.05, 0) is 37.1 Å². The van der Waals surface area contributed by atoms with E-state index in [2.05, 4.69) is 20.4 Å². The summed E-state index contributed by atoms with van der Waals surface area (Å²) in [6.45, 7) is 7.15. The maximum Gasteiger partial charge on any atom is 0.259 e. The van der Waals surface area contributed by atoms with Crippen molar-refractivity contribution in [2.24, 2.45) is 0 Å². The van der Waals surface area contributed by atoms with Crippen molar-refractivity contribution in [1.82, 2.24) is 20.0 Å². The number of pyridine rings is 2. The van der Waals surface area contributed by atoms with Gasteiger partial charge >= 0.3 is 0 Å². The molecule has 8 nitrogen and oxygen atoms in total. The lowest BCUT2D eigenvalue weighted by molar-refractivity contribution is -0.0247. The molecule has 0 bridgehead atoms. The molecule has 156 valence electrons. The average Bonchev–Trinajstić information content (AvgIpc) is 3.16. The molecular weight excluding hydrogens is 382 g/mol. The SMILES string of the molecule is Cc1onc(C(C)C)c1C(=O)N1CCO[C@@H](c2cccc(Nc3ccccn3)n2)C1. The number of hydrogen-bond acceptors (Lipinski definition) is 7. The Morgan fingerprint density at radius 3 is 2.80 bits per heavy atom. The van der Waals surface area contributed by atoms with Crippen LogP contribution in [0.4, 0.5) is 11.6 Å². The van der Waals surface area contributed by atoms with Crippen LogP contribution in [-0.2, 0) is 4.74 Å². The molecule has 0 aliphatic carbocycles. The summed E-state index contributed by atoms with van der Waals surface area (Å²) in [6, 6.07) is 11.3. The van der Waals surface area contributed by atoms with E-state index in [1.165, 1.54) is 0 Å². The summed E-state index contributed by atoms with van der Waals surface area (Å²) < 4.78 is 11.2. The average molecular weight is 407 g/mol. The second kappa shape index (κ2) is 8.62. The van der Waals surface area contributed by atoms with Crippen molar-refractivity contribution >= 4 is 17.5 Å². The van der Waals surface area contributed by atoms with Gasteiger partial charge in [-0.25, -0.2) is 9.97 Å². The van der Waals surface area contributed by atoms with E-state index in [1.807, 2.05) is 50.2 Å². The van der Waals surface area contributed by atoms with E-state index in [4.69, 9.17) is 9.26 Å². The Hall–Kier alpha value is -3.26. The lowest BCUT2D eigenvalue weighted by atomic mass is 10.0. The molecule has 1 aliphatic heterocycles. The van der Waals surface area contributed by atoms with E-state index in [9.17, 15) is 4.79 Å². The summed E-state index contributed by atoms with van der Waals surface area (Å²) in [5.41, 5.74) is 2.02. The Kier molecular flexibility index (Phi) is 5.76. The second-order valence-electron chi connectivity index (χ2n) is 7.55. The number of carbonyl (C=O) groups is 1.